The molecular formula is C10H22N2S. The first kappa shape index (κ1) is 11.3. The fraction of sp³-hybridized carbons (Fsp3) is 1.00. The smallest absolute Gasteiger partial charge is 0.0184 e. The van der Waals surface area contributed by atoms with Crippen LogP contribution in [0.2, 0.25) is 0 Å². The molecule has 2 N–H and O–H groups in total. The van der Waals surface area contributed by atoms with Crippen molar-refractivity contribution in [1.29, 1.82) is 0 Å². The number of hydrogen-bond donors (Lipinski definition) is 1. The molecule has 0 aromatic carbocycles. The van der Waals surface area contributed by atoms with Crippen molar-refractivity contribution < 1.29 is 0 Å². The van der Waals surface area contributed by atoms with Gasteiger partial charge in [-0.1, -0.05) is 6.92 Å². The van der Waals surface area contributed by atoms with Gasteiger partial charge in [0.1, 0.15) is 0 Å². The molecule has 1 aliphatic heterocycles. The second-order valence-corrected chi connectivity index (χ2v) is 4.83. The molecule has 78 valence electrons. The highest BCUT2D eigenvalue weighted by Crippen LogP contribution is 2.16. The predicted octanol–water partition coefficient (Wildman–Crippen LogP) is 1.55. The fourth-order valence-electron chi connectivity index (χ4n) is 2.05. The van der Waals surface area contributed by atoms with Gasteiger partial charge < -0.3 is 5.73 Å². The van der Waals surface area contributed by atoms with Gasteiger partial charge in [-0.15, -0.1) is 0 Å². The average molecular weight is 202 g/mol. The van der Waals surface area contributed by atoms with Gasteiger partial charge in [0, 0.05) is 24.4 Å². The second kappa shape index (κ2) is 5.89. The van der Waals surface area contributed by atoms with Crippen molar-refractivity contribution in [3.05, 3.63) is 0 Å². The molecule has 1 fully saturated rings. The molecule has 2 nitrogen and oxygen atoms in total. The summed E-state index contributed by atoms with van der Waals surface area (Å²) in [5.41, 5.74) is 5.97. The van der Waals surface area contributed by atoms with Crippen molar-refractivity contribution in [2.24, 2.45) is 5.73 Å². The number of piperidine rings is 1. The topological polar surface area (TPSA) is 29.3 Å². The molecule has 0 bridgehead atoms. The molecule has 0 saturated carbocycles. The molecular weight excluding hydrogens is 180 g/mol. The van der Waals surface area contributed by atoms with Crippen molar-refractivity contribution in [1.82, 2.24) is 4.90 Å². The highest BCUT2D eigenvalue weighted by molar-refractivity contribution is 7.98. The molecule has 1 aliphatic rings. The van der Waals surface area contributed by atoms with Gasteiger partial charge in [0.15, 0.2) is 0 Å². The Morgan fingerprint density at radius 2 is 2.38 bits per heavy atom. The van der Waals surface area contributed by atoms with Crippen LogP contribution in [0, 0.1) is 0 Å². The molecule has 1 heterocycles. The normalized spacial score (nSPS) is 27.5. The van der Waals surface area contributed by atoms with E-state index in [0.29, 0.717) is 6.04 Å². The molecule has 0 amide bonds. The molecule has 13 heavy (non-hydrogen) atoms. The Bertz CT molecular complexity index is 141. The number of nitrogens with two attached hydrogens (primary N) is 1. The maximum Gasteiger partial charge on any atom is 0.0184 e. The Morgan fingerprint density at radius 1 is 1.62 bits per heavy atom. The first-order chi connectivity index (χ1) is 6.27. The van der Waals surface area contributed by atoms with Crippen molar-refractivity contribution >= 4 is 11.8 Å². The van der Waals surface area contributed by atoms with Crippen LogP contribution in [-0.2, 0) is 0 Å². The first-order valence-electron chi connectivity index (χ1n) is 5.26. The van der Waals surface area contributed by atoms with E-state index in [1.54, 1.807) is 0 Å². The minimum atomic E-state index is 0.421. The van der Waals surface area contributed by atoms with E-state index in [9.17, 15) is 0 Å². The quantitative estimate of drug-likeness (QED) is 0.750. The van der Waals surface area contributed by atoms with Gasteiger partial charge in [-0.25, -0.2) is 0 Å². The lowest BCUT2D eigenvalue weighted by Gasteiger charge is -2.36. The summed E-state index contributed by atoms with van der Waals surface area (Å²) in [5.74, 6) is 1.25. The molecule has 0 aliphatic carbocycles. The van der Waals surface area contributed by atoms with Gasteiger partial charge >= 0.3 is 0 Å². The van der Waals surface area contributed by atoms with Crippen LogP contribution in [0.1, 0.15) is 26.2 Å². The number of hydrogen-bond acceptors (Lipinski definition) is 3. The second-order valence-electron chi connectivity index (χ2n) is 3.91. The van der Waals surface area contributed by atoms with Crippen LogP contribution in [0.3, 0.4) is 0 Å². The number of nitrogens with zero attached hydrogens (tertiary/aromatic N) is 1. The Labute approximate surface area is 86.2 Å². The molecule has 0 aromatic rings. The van der Waals surface area contributed by atoms with Crippen LogP contribution in [0.15, 0.2) is 0 Å². The number of likely N-dealkylation sites (tertiary alicyclic amines) is 1. The zero-order valence-electron chi connectivity index (χ0n) is 8.83. The zero-order valence-corrected chi connectivity index (χ0v) is 9.65. The summed E-state index contributed by atoms with van der Waals surface area (Å²) >= 11 is 1.95. The molecule has 2 atom stereocenters. The SMILES string of the molecule is CCC(CSC)N1CCCC(N)C1. The van der Waals surface area contributed by atoms with E-state index in [-0.39, 0.29) is 0 Å². The van der Waals surface area contributed by atoms with Gasteiger partial charge in [-0.3, -0.25) is 4.90 Å². The van der Waals surface area contributed by atoms with Crippen LogP contribution >= 0.6 is 11.8 Å². The Kier molecular flexibility index (Phi) is 5.14. The van der Waals surface area contributed by atoms with E-state index in [2.05, 4.69) is 18.1 Å². The third-order valence-electron chi connectivity index (χ3n) is 2.84. The van der Waals surface area contributed by atoms with Crippen LogP contribution in [-0.4, -0.2) is 42.1 Å². The molecule has 3 heteroatoms. The van der Waals surface area contributed by atoms with Crippen LogP contribution in [0.5, 0.6) is 0 Å². The number of rotatable bonds is 4. The van der Waals surface area contributed by atoms with Crippen molar-refractivity contribution in [2.75, 3.05) is 25.1 Å². The maximum absolute atomic E-state index is 5.97. The lowest BCUT2D eigenvalue weighted by Crippen LogP contribution is -2.48. The largest absolute Gasteiger partial charge is 0.327 e. The van der Waals surface area contributed by atoms with Gasteiger partial charge in [0.05, 0.1) is 0 Å². The lowest BCUT2D eigenvalue weighted by atomic mass is 10.0. The molecule has 2 unspecified atom stereocenters. The van der Waals surface area contributed by atoms with E-state index in [1.165, 1.54) is 31.6 Å². The van der Waals surface area contributed by atoms with Crippen LogP contribution in [0.4, 0.5) is 0 Å². The molecule has 0 radical (unpaired) electrons. The fourth-order valence-corrected chi connectivity index (χ4v) is 2.88. The number of thioether (sulfide) groups is 1. The van der Waals surface area contributed by atoms with Gasteiger partial charge in [-0.2, -0.15) is 11.8 Å². The Morgan fingerprint density at radius 3 is 2.92 bits per heavy atom. The Hall–Kier alpha value is 0.270. The zero-order chi connectivity index (χ0) is 9.68. The molecule has 0 aromatic heterocycles. The highest BCUT2D eigenvalue weighted by Gasteiger charge is 2.22. The summed E-state index contributed by atoms with van der Waals surface area (Å²) in [7, 11) is 0. The summed E-state index contributed by atoms with van der Waals surface area (Å²) in [6, 6.07) is 1.17. The van der Waals surface area contributed by atoms with Crippen molar-refractivity contribution in [2.45, 2.75) is 38.3 Å². The van der Waals surface area contributed by atoms with E-state index < -0.39 is 0 Å². The highest BCUT2D eigenvalue weighted by atomic mass is 32.2. The third kappa shape index (κ3) is 3.49. The monoisotopic (exact) mass is 202 g/mol. The van der Waals surface area contributed by atoms with Crippen LogP contribution in [0.25, 0.3) is 0 Å². The third-order valence-corrected chi connectivity index (χ3v) is 3.55. The molecule has 1 saturated heterocycles. The van der Waals surface area contributed by atoms with E-state index in [0.717, 1.165) is 12.6 Å². The standard InChI is InChI=1S/C10H22N2S/c1-3-10(8-13-2)12-6-4-5-9(11)7-12/h9-10H,3-8,11H2,1-2H3. The molecule has 0 spiro atoms. The van der Waals surface area contributed by atoms with Crippen molar-refractivity contribution in [3.63, 3.8) is 0 Å². The van der Waals surface area contributed by atoms with Gasteiger partial charge in [0.25, 0.3) is 0 Å². The minimum absolute atomic E-state index is 0.421. The van der Waals surface area contributed by atoms with Crippen molar-refractivity contribution in [3.8, 4) is 0 Å². The summed E-state index contributed by atoms with van der Waals surface area (Å²) in [6.07, 6.45) is 5.94. The van der Waals surface area contributed by atoms with Gasteiger partial charge in [0.2, 0.25) is 0 Å². The minimum Gasteiger partial charge on any atom is -0.327 e. The summed E-state index contributed by atoms with van der Waals surface area (Å²) < 4.78 is 0. The van der Waals surface area contributed by atoms with E-state index in [1.807, 2.05) is 11.8 Å². The summed E-state index contributed by atoms with van der Waals surface area (Å²) in [5, 5.41) is 0. The van der Waals surface area contributed by atoms with E-state index in [4.69, 9.17) is 5.73 Å². The summed E-state index contributed by atoms with van der Waals surface area (Å²) in [6.45, 7) is 4.65. The van der Waals surface area contributed by atoms with Gasteiger partial charge in [-0.05, 0) is 32.1 Å². The summed E-state index contributed by atoms with van der Waals surface area (Å²) in [4.78, 5) is 2.57. The van der Waals surface area contributed by atoms with Crippen LogP contribution < -0.4 is 5.73 Å². The Balaban J connectivity index is 2.37. The molecule has 1 rings (SSSR count). The lowest BCUT2D eigenvalue weighted by molar-refractivity contribution is 0.158. The van der Waals surface area contributed by atoms with E-state index >= 15 is 0 Å². The maximum atomic E-state index is 5.97. The first-order valence-corrected chi connectivity index (χ1v) is 6.65. The predicted molar refractivity (Wildman–Crippen MR) is 61.2 cm³/mol. The average Bonchev–Trinajstić information content (AvgIpc) is 2.14.